The highest BCUT2D eigenvalue weighted by Crippen LogP contribution is 2.29. The van der Waals surface area contributed by atoms with Crippen molar-refractivity contribution in [2.75, 3.05) is 19.6 Å². The molecule has 0 aliphatic heterocycles. The molecule has 20 heavy (non-hydrogen) atoms. The summed E-state index contributed by atoms with van der Waals surface area (Å²) < 4.78 is 0. The fourth-order valence-electron chi connectivity index (χ4n) is 2.32. The van der Waals surface area contributed by atoms with Crippen LogP contribution in [0, 0.1) is 17.8 Å². The van der Waals surface area contributed by atoms with Crippen molar-refractivity contribution in [3.05, 3.63) is 0 Å². The number of nitrogens with one attached hydrogen (secondary N) is 1. The van der Waals surface area contributed by atoms with Crippen LogP contribution in [0.5, 0.6) is 0 Å². The van der Waals surface area contributed by atoms with Crippen LogP contribution in [0.4, 0.5) is 4.79 Å². The lowest BCUT2D eigenvalue weighted by atomic mass is 9.97. The molecular weight excluding hydrogens is 256 g/mol. The van der Waals surface area contributed by atoms with E-state index in [2.05, 4.69) is 5.32 Å². The normalized spacial score (nSPS) is 16.0. The van der Waals surface area contributed by atoms with Crippen molar-refractivity contribution in [3.63, 3.8) is 0 Å². The van der Waals surface area contributed by atoms with E-state index in [1.54, 1.807) is 0 Å². The van der Waals surface area contributed by atoms with E-state index in [0.717, 1.165) is 19.5 Å². The quantitative estimate of drug-likeness (QED) is 0.683. The molecule has 2 amide bonds. The molecule has 1 unspecified atom stereocenters. The molecule has 5 heteroatoms. The van der Waals surface area contributed by atoms with Gasteiger partial charge >= 0.3 is 12.0 Å². The summed E-state index contributed by atoms with van der Waals surface area (Å²) in [6, 6.07) is -0.117. The Morgan fingerprint density at radius 2 is 2.00 bits per heavy atom. The van der Waals surface area contributed by atoms with E-state index in [-0.39, 0.29) is 12.6 Å². The van der Waals surface area contributed by atoms with Gasteiger partial charge in [-0.2, -0.15) is 0 Å². The predicted octanol–water partition coefficient (Wildman–Crippen LogP) is 2.56. The molecule has 0 bridgehead atoms. The Hall–Kier alpha value is -1.26. The molecule has 2 N–H and O–H groups in total. The van der Waals surface area contributed by atoms with Crippen LogP contribution >= 0.6 is 0 Å². The number of rotatable bonds is 9. The van der Waals surface area contributed by atoms with Crippen molar-refractivity contribution in [1.29, 1.82) is 0 Å². The molecule has 0 radical (unpaired) electrons. The van der Waals surface area contributed by atoms with E-state index in [1.807, 2.05) is 25.7 Å². The fourth-order valence-corrected chi connectivity index (χ4v) is 2.32. The van der Waals surface area contributed by atoms with Crippen molar-refractivity contribution in [2.24, 2.45) is 17.8 Å². The summed E-state index contributed by atoms with van der Waals surface area (Å²) in [7, 11) is 0. The first-order valence-corrected chi connectivity index (χ1v) is 7.69. The van der Waals surface area contributed by atoms with Gasteiger partial charge in [-0.25, -0.2) is 4.79 Å². The lowest BCUT2D eigenvalue weighted by Gasteiger charge is -2.24. The number of carbonyl (C=O) groups excluding carboxylic acids is 1. The van der Waals surface area contributed by atoms with Crippen LogP contribution in [0.1, 0.15) is 46.5 Å². The number of carboxylic acid groups (broad SMARTS) is 1. The number of hydrogen-bond donors (Lipinski definition) is 2. The van der Waals surface area contributed by atoms with Crippen LogP contribution in [0.25, 0.3) is 0 Å². The summed E-state index contributed by atoms with van der Waals surface area (Å²) in [4.78, 5) is 25.1. The Bertz CT molecular complexity index is 327. The maximum Gasteiger partial charge on any atom is 0.317 e. The number of hydrogen-bond acceptors (Lipinski definition) is 2. The van der Waals surface area contributed by atoms with Crippen molar-refractivity contribution >= 4 is 12.0 Å². The highest BCUT2D eigenvalue weighted by atomic mass is 16.4. The SMILES string of the molecule is CCCN(CC1CC1)C(=O)NCC(CC(C)C)C(=O)O. The second kappa shape index (κ2) is 8.12. The van der Waals surface area contributed by atoms with Gasteiger partial charge in [-0.15, -0.1) is 0 Å². The second-order valence-corrected chi connectivity index (χ2v) is 6.24. The Balaban J connectivity index is 2.42. The van der Waals surface area contributed by atoms with Gasteiger partial charge in [0.2, 0.25) is 0 Å². The van der Waals surface area contributed by atoms with E-state index < -0.39 is 11.9 Å². The Kier molecular flexibility index (Phi) is 6.82. The van der Waals surface area contributed by atoms with Crippen LogP contribution in [0.3, 0.4) is 0 Å². The Morgan fingerprint density at radius 1 is 1.35 bits per heavy atom. The number of nitrogens with zero attached hydrogens (tertiary/aromatic N) is 1. The highest BCUT2D eigenvalue weighted by Gasteiger charge is 2.27. The maximum absolute atomic E-state index is 12.1. The molecule has 0 aromatic heterocycles. The second-order valence-electron chi connectivity index (χ2n) is 6.24. The Labute approximate surface area is 121 Å². The zero-order valence-electron chi connectivity index (χ0n) is 12.9. The fraction of sp³-hybridized carbons (Fsp3) is 0.867. The summed E-state index contributed by atoms with van der Waals surface area (Å²) >= 11 is 0. The number of carboxylic acids is 1. The van der Waals surface area contributed by atoms with Gasteiger partial charge in [0.1, 0.15) is 0 Å². The lowest BCUT2D eigenvalue weighted by molar-refractivity contribution is -0.142. The highest BCUT2D eigenvalue weighted by molar-refractivity contribution is 5.76. The van der Waals surface area contributed by atoms with Crippen LogP contribution in [0.15, 0.2) is 0 Å². The van der Waals surface area contributed by atoms with Crippen LogP contribution in [-0.4, -0.2) is 41.6 Å². The smallest absolute Gasteiger partial charge is 0.317 e. The predicted molar refractivity (Wildman–Crippen MR) is 78.6 cm³/mol. The van der Waals surface area contributed by atoms with Crippen molar-refractivity contribution in [3.8, 4) is 0 Å². The first-order chi connectivity index (χ1) is 9.43. The summed E-state index contributed by atoms with van der Waals surface area (Å²) in [5.41, 5.74) is 0. The zero-order valence-corrected chi connectivity index (χ0v) is 12.9. The molecule has 1 aliphatic carbocycles. The summed E-state index contributed by atoms with van der Waals surface area (Å²) in [5, 5.41) is 12.0. The average Bonchev–Trinajstić information content (AvgIpc) is 3.16. The number of carbonyl (C=O) groups is 2. The standard InChI is InChI=1S/C15H28N2O3/c1-4-7-17(10-12-5-6-12)15(20)16-9-13(14(18)19)8-11(2)3/h11-13H,4-10H2,1-3H3,(H,16,20)(H,18,19). The van der Waals surface area contributed by atoms with E-state index in [4.69, 9.17) is 5.11 Å². The van der Waals surface area contributed by atoms with Gasteiger partial charge in [0.05, 0.1) is 5.92 Å². The van der Waals surface area contributed by atoms with Gasteiger partial charge < -0.3 is 15.3 Å². The van der Waals surface area contributed by atoms with Gasteiger partial charge in [0.15, 0.2) is 0 Å². The molecule has 0 heterocycles. The minimum absolute atomic E-state index is 0.117. The first-order valence-electron chi connectivity index (χ1n) is 7.69. The first kappa shape index (κ1) is 16.8. The molecule has 0 saturated heterocycles. The molecule has 5 nitrogen and oxygen atoms in total. The van der Waals surface area contributed by atoms with Crippen LogP contribution < -0.4 is 5.32 Å². The Morgan fingerprint density at radius 3 is 2.45 bits per heavy atom. The van der Waals surface area contributed by atoms with Crippen LogP contribution in [0.2, 0.25) is 0 Å². The van der Waals surface area contributed by atoms with Gasteiger partial charge in [0.25, 0.3) is 0 Å². The van der Waals surface area contributed by atoms with Gasteiger partial charge in [-0.1, -0.05) is 20.8 Å². The summed E-state index contributed by atoms with van der Waals surface area (Å²) in [6.45, 7) is 7.80. The van der Waals surface area contributed by atoms with Gasteiger partial charge in [-0.05, 0) is 37.5 Å². The van der Waals surface area contributed by atoms with Crippen molar-refractivity contribution < 1.29 is 14.7 Å². The number of amides is 2. The van der Waals surface area contributed by atoms with Crippen LogP contribution in [-0.2, 0) is 4.79 Å². The minimum atomic E-state index is -0.830. The van der Waals surface area contributed by atoms with E-state index in [1.165, 1.54) is 12.8 Å². The third kappa shape index (κ3) is 6.26. The molecule has 1 aliphatic rings. The molecule has 1 fully saturated rings. The molecule has 0 spiro atoms. The van der Waals surface area contributed by atoms with Crippen molar-refractivity contribution in [2.45, 2.75) is 46.5 Å². The third-order valence-corrected chi connectivity index (χ3v) is 3.56. The van der Waals surface area contributed by atoms with Gasteiger partial charge in [0, 0.05) is 19.6 Å². The average molecular weight is 284 g/mol. The molecule has 1 atom stereocenters. The van der Waals surface area contributed by atoms with E-state index in [9.17, 15) is 9.59 Å². The topological polar surface area (TPSA) is 69.6 Å². The zero-order chi connectivity index (χ0) is 15.1. The monoisotopic (exact) mass is 284 g/mol. The van der Waals surface area contributed by atoms with E-state index in [0.29, 0.717) is 18.3 Å². The van der Waals surface area contributed by atoms with Gasteiger partial charge in [-0.3, -0.25) is 4.79 Å². The maximum atomic E-state index is 12.1. The van der Waals surface area contributed by atoms with Crippen molar-refractivity contribution in [1.82, 2.24) is 10.2 Å². The molecule has 0 aromatic carbocycles. The number of urea groups is 1. The third-order valence-electron chi connectivity index (χ3n) is 3.56. The molecule has 0 aromatic rings. The minimum Gasteiger partial charge on any atom is -0.481 e. The molecule has 1 saturated carbocycles. The van der Waals surface area contributed by atoms with E-state index >= 15 is 0 Å². The number of aliphatic carboxylic acids is 1. The summed E-state index contributed by atoms with van der Waals surface area (Å²) in [6.07, 6.45) is 3.93. The molecule has 1 rings (SSSR count). The molecular formula is C15H28N2O3. The molecule has 116 valence electrons. The lowest BCUT2D eigenvalue weighted by Crippen LogP contribution is -2.44. The largest absolute Gasteiger partial charge is 0.481 e. The summed E-state index contributed by atoms with van der Waals surface area (Å²) in [5.74, 6) is -0.365.